The van der Waals surface area contributed by atoms with Crippen molar-refractivity contribution in [3.8, 4) is 5.75 Å². The second-order valence-electron chi connectivity index (χ2n) is 5.00. The molecule has 0 spiro atoms. The number of hydrogen-bond donors (Lipinski definition) is 1. The molecule has 1 saturated heterocycles. The number of likely N-dealkylation sites (tertiary alicyclic amines) is 1. The van der Waals surface area contributed by atoms with Crippen molar-refractivity contribution in [1.29, 1.82) is 0 Å². The van der Waals surface area contributed by atoms with Crippen LogP contribution >= 0.6 is 0 Å². The number of rotatable bonds is 3. The molecule has 0 amide bonds. The molecule has 1 aliphatic rings. The molecule has 0 bridgehead atoms. The van der Waals surface area contributed by atoms with Crippen LogP contribution in [0.1, 0.15) is 31.9 Å². The maximum Gasteiger partial charge on any atom is 0.162 e. The lowest BCUT2D eigenvalue weighted by molar-refractivity contribution is 0.0113. The Hall–Kier alpha value is -1.07. The standard InChI is InChI=1S/C13H23N3O2/c1-4-16-8-5-6-13(17,7-9-16)12-11(18-3)10-14-15(12)2/h10,17H,4-9H2,1-3H3. The van der Waals surface area contributed by atoms with Crippen molar-refractivity contribution in [1.82, 2.24) is 14.7 Å². The largest absolute Gasteiger partial charge is 0.493 e. The van der Waals surface area contributed by atoms with E-state index in [1.807, 2.05) is 7.05 Å². The van der Waals surface area contributed by atoms with E-state index in [4.69, 9.17) is 4.74 Å². The van der Waals surface area contributed by atoms with Crippen LogP contribution in [0.3, 0.4) is 0 Å². The third-order valence-electron chi connectivity index (χ3n) is 3.92. The van der Waals surface area contributed by atoms with Gasteiger partial charge in [0.05, 0.1) is 13.3 Å². The van der Waals surface area contributed by atoms with Gasteiger partial charge in [-0.2, -0.15) is 5.10 Å². The van der Waals surface area contributed by atoms with Crippen LogP contribution in [0.2, 0.25) is 0 Å². The maximum absolute atomic E-state index is 11.0. The highest BCUT2D eigenvalue weighted by Gasteiger charge is 2.37. The molecule has 0 aromatic carbocycles. The van der Waals surface area contributed by atoms with Crippen LogP contribution < -0.4 is 4.74 Å². The van der Waals surface area contributed by atoms with Gasteiger partial charge in [-0.05, 0) is 32.4 Å². The average Bonchev–Trinajstić information content (AvgIpc) is 2.64. The first-order valence-electron chi connectivity index (χ1n) is 6.62. The number of aromatic nitrogens is 2. The van der Waals surface area contributed by atoms with Crippen LogP contribution in [-0.4, -0.2) is 46.5 Å². The molecule has 2 heterocycles. The van der Waals surface area contributed by atoms with Gasteiger partial charge in [-0.25, -0.2) is 0 Å². The molecule has 1 aromatic rings. The summed E-state index contributed by atoms with van der Waals surface area (Å²) in [5, 5.41) is 15.1. The van der Waals surface area contributed by atoms with Gasteiger partial charge in [0.25, 0.3) is 0 Å². The third-order valence-corrected chi connectivity index (χ3v) is 3.92. The molecular formula is C13H23N3O2. The van der Waals surface area contributed by atoms with Crippen LogP contribution in [-0.2, 0) is 12.6 Å². The Balaban J connectivity index is 2.27. The summed E-state index contributed by atoms with van der Waals surface area (Å²) >= 11 is 0. The molecule has 5 heteroatoms. The predicted octanol–water partition coefficient (Wildman–Crippen LogP) is 1.12. The first-order chi connectivity index (χ1) is 8.60. The van der Waals surface area contributed by atoms with Crippen molar-refractivity contribution in [3.05, 3.63) is 11.9 Å². The van der Waals surface area contributed by atoms with Gasteiger partial charge in [0.15, 0.2) is 5.75 Å². The number of aliphatic hydroxyl groups is 1. The topological polar surface area (TPSA) is 50.5 Å². The second kappa shape index (κ2) is 5.28. The van der Waals surface area contributed by atoms with Crippen LogP contribution in [0.5, 0.6) is 5.75 Å². The molecule has 1 fully saturated rings. The molecule has 1 aromatic heterocycles. The summed E-state index contributed by atoms with van der Waals surface area (Å²) < 4.78 is 7.06. The Kier molecular flexibility index (Phi) is 3.92. The summed E-state index contributed by atoms with van der Waals surface area (Å²) in [5.74, 6) is 0.685. The van der Waals surface area contributed by atoms with Crippen LogP contribution in [0.25, 0.3) is 0 Å². The Bertz CT molecular complexity index is 405. The molecule has 18 heavy (non-hydrogen) atoms. The summed E-state index contributed by atoms with van der Waals surface area (Å²) in [4.78, 5) is 2.38. The van der Waals surface area contributed by atoms with Gasteiger partial charge in [-0.15, -0.1) is 0 Å². The fraction of sp³-hybridized carbons (Fsp3) is 0.769. The van der Waals surface area contributed by atoms with Gasteiger partial charge >= 0.3 is 0 Å². The summed E-state index contributed by atoms with van der Waals surface area (Å²) in [6, 6.07) is 0. The molecule has 0 radical (unpaired) electrons. The number of nitrogens with zero attached hydrogens (tertiary/aromatic N) is 3. The molecule has 1 aliphatic heterocycles. The Labute approximate surface area is 108 Å². The van der Waals surface area contributed by atoms with Crippen LogP contribution in [0.15, 0.2) is 6.20 Å². The highest BCUT2D eigenvalue weighted by atomic mass is 16.5. The zero-order chi connectivity index (χ0) is 13.2. The van der Waals surface area contributed by atoms with E-state index in [1.165, 1.54) is 0 Å². The van der Waals surface area contributed by atoms with Gasteiger partial charge in [0, 0.05) is 13.6 Å². The van der Waals surface area contributed by atoms with E-state index < -0.39 is 5.60 Å². The monoisotopic (exact) mass is 253 g/mol. The van der Waals surface area contributed by atoms with E-state index in [1.54, 1.807) is 18.0 Å². The molecule has 5 nitrogen and oxygen atoms in total. The highest BCUT2D eigenvalue weighted by Crippen LogP contribution is 2.37. The molecule has 0 saturated carbocycles. The van der Waals surface area contributed by atoms with Crippen LogP contribution in [0.4, 0.5) is 0 Å². The summed E-state index contributed by atoms with van der Waals surface area (Å²) in [7, 11) is 3.48. The van der Waals surface area contributed by atoms with E-state index in [0.717, 1.165) is 44.6 Å². The normalized spacial score (nSPS) is 26.0. The van der Waals surface area contributed by atoms with Crippen LogP contribution in [0, 0.1) is 0 Å². The molecule has 1 N–H and O–H groups in total. The first kappa shape index (κ1) is 13.4. The van der Waals surface area contributed by atoms with E-state index in [-0.39, 0.29) is 0 Å². The zero-order valence-electron chi connectivity index (χ0n) is 11.5. The Morgan fingerprint density at radius 1 is 1.44 bits per heavy atom. The van der Waals surface area contributed by atoms with Crippen molar-refractivity contribution >= 4 is 0 Å². The molecule has 102 valence electrons. The lowest BCUT2D eigenvalue weighted by Gasteiger charge is -2.27. The molecule has 2 rings (SSSR count). The third kappa shape index (κ3) is 2.37. The molecule has 1 unspecified atom stereocenters. The van der Waals surface area contributed by atoms with Crippen molar-refractivity contribution < 1.29 is 9.84 Å². The van der Waals surface area contributed by atoms with Gasteiger partial charge in [-0.1, -0.05) is 6.92 Å². The highest BCUT2D eigenvalue weighted by molar-refractivity contribution is 5.31. The van der Waals surface area contributed by atoms with E-state index in [9.17, 15) is 5.11 Å². The molecule has 1 atom stereocenters. The minimum atomic E-state index is -0.819. The average molecular weight is 253 g/mol. The first-order valence-corrected chi connectivity index (χ1v) is 6.62. The van der Waals surface area contributed by atoms with Gasteiger partial charge in [0.2, 0.25) is 0 Å². The molecule has 0 aliphatic carbocycles. The SMILES string of the molecule is CCN1CCCC(O)(c2c(OC)cnn2C)CC1. The smallest absolute Gasteiger partial charge is 0.162 e. The minimum Gasteiger partial charge on any atom is -0.493 e. The number of ether oxygens (including phenoxy) is 1. The van der Waals surface area contributed by atoms with Crippen molar-refractivity contribution in [2.24, 2.45) is 7.05 Å². The lowest BCUT2D eigenvalue weighted by atomic mass is 9.90. The fourth-order valence-corrected chi connectivity index (χ4v) is 2.83. The van der Waals surface area contributed by atoms with E-state index in [2.05, 4.69) is 16.9 Å². The number of hydrogen-bond acceptors (Lipinski definition) is 4. The Morgan fingerprint density at radius 2 is 2.22 bits per heavy atom. The number of methoxy groups -OCH3 is 1. The van der Waals surface area contributed by atoms with Crippen molar-refractivity contribution in [3.63, 3.8) is 0 Å². The summed E-state index contributed by atoms with van der Waals surface area (Å²) in [5.41, 5.74) is -0.0106. The quantitative estimate of drug-likeness (QED) is 0.877. The van der Waals surface area contributed by atoms with Crippen molar-refractivity contribution in [2.45, 2.75) is 31.8 Å². The van der Waals surface area contributed by atoms with E-state index >= 15 is 0 Å². The summed E-state index contributed by atoms with van der Waals surface area (Å²) in [6.07, 6.45) is 4.17. The van der Waals surface area contributed by atoms with Gasteiger partial charge in [-0.3, -0.25) is 4.68 Å². The molecular weight excluding hydrogens is 230 g/mol. The predicted molar refractivity (Wildman–Crippen MR) is 69.6 cm³/mol. The second-order valence-corrected chi connectivity index (χ2v) is 5.00. The minimum absolute atomic E-state index is 0.685. The van der Waals surface area contributed by atoms with Crippen molar-refractivity contribution in [2.75, 3.05) is 26.7 Å². The zero-order valence-corrected chi connectivity index (χ0v) is 11.5. The maximum atomic E-state index is 11.0. The van der Waals surface area contributed by atoms with Gasteiger partial charge < -0.3 is 14.7 Å². The Morgan fingerprint density at radius 3 is 2.89 bits per heavy atom. The lowest BCUT2D eigenvalue weighted by Crippen LogP contribution is -2.31. The summed E-state index contributed by atoms with van der Waals surface area (Å²) in [6.45, 7) is 5.17. The van der Waals surface area contributed by atoms with Gasteiger partial charge in [0.1, 0.15) is 11.3 Å². The van der Waals surface area contributed by atoms with E-state index in [0.29, 0.717) is 5.75 Å². The number of aryl methyl sites for hydroxylation is 1. The fourth-order valence-electron chi connectivity index (χ4n) is 2.83.